The molecule has 0 spiro atoms. The van der Waals surface area contributed by atoms with Crippen LogP contribution in [0.5, 0.6) is 11.5 Å². The second-order valence-corrected chi connectivity index (χ2v) is 5.74. The molecular formula is C12H19NO4S. The summed E-state index contributed by atoms with van der Waals surface area (Å²) in [6.45, 7) is 0. The zero-order chi connectivity index (χ0) is 13.6. The zero-order valence-corrected chi connectivity index (χ0v) is 11.5. The Morgan fingerprint density at radius 3 is 2.44 bits per heavy atom. The molecule has 0 bridgehead atoms. The van der Waals surface area contributed by atoms with Crippen LogP contribution in [0.2, 0.25) is 0 Å². The van der Waals surface area contributed by atoms with Gasteiger partial charge in [-0.05, 0) is 30.9 Å². The Bertz CT molecular complexity index is 485. The maximum atomic E-state index is 10.8. The topological polar surface area (TPSA) is 78.6 Å². The lowest BCUT2D eigenvalue weighted by molar-refractivity contribution is 0.390. The van der Waals surface area contributed by atoms with E-state index in [1.807, 2.05) is 18.2 Å². The van der Waals surface area contributed by atoms with Crippen molar-refractivity contribution in [2.75, 3.05) is 20.0 Å². The SMILES string of the molecule is COc1ccc(CCCCS(N)(=O)=O)c(OC)c1. The molecular weight excluding hydrogens is 254 g/mol. The molecule has 0 saturated carbocycles. The zero-order valence-electron chi connectivity index (χ0n) is 10.7. The molecule has 6 heteroatoms. The van der Waals surface area contributed by atoms with E-state index in [-0.39, 0.29) is 5.75 Å². The summed E-state index contributed by atoms with van der Waals surface area (Å²) >= 11 is 0. The first-order valence-electron chi connectivity index (χ1n) is 5.67. The van der Waals surface area contributed by atoms with Crippen molar-refractivity contribution < 1.29 is 17.9 Å². The van der Waals surface area contributed by atoms with Crippen LogP contribution in [0.3, 0.4) is 0 Å². The Morgan fingerprint density at radius 1 is 1.17 bits per heavy atom. The average molecular weight is 273 g/mol. The fourth-order valence-corrected chi connectivity index (χ4v) is 2.28. The maximum absolute atomic E-state index is 10.8. The fraction of sp³-hybridized carbons (Fsp3) is 0.500. The Balaban J connectivity index is 2.56. The van der Waals surface area contributed by atoms with Crippen molar-refractivity contribution in [3.8, 4) is 11.5 Å². The Labute approximate surface area is 108 Å². The van der Waals surface area contributed by atoms with Crippen molar-refractivity contribution in [2.45, 2.75) is 19.3 Å². The van der Waals surface area contributed by atoms with E-state index in [9.17, 15) is 8.42 Å². The molecule has 0 aliphatic carbocycles. The molecule has 0 aromatic heterocycles. The van der Waals surface area contributed by atoms with E-state index in [0.717, 1.165) is 29.9 Å². The number of nitrogens with two attached hydrogens (primary N) is 1. The molecule has 1 rings (SSSR count). The van der Waals surface area contributed by atoms with Crippen LogP contribution in [0.25, 0.3) is 0 Å². The molecule has 0 aliphatic heterocycles. The van der Waals surface area contributed by atoms with Crippen molar-refractivity contribution in [1.82, 2.24) is 0 Å². The number of ether oxygens (including phenoxy) is 2. The summed E-state index contributed by atoms with van der Waals surface area (Å²) in [6, 6.07) is 5.60. The van der Waals surface area contributed by atoms with Crippen molar-refractivity contribution >= 4 is 10.0 Å². The number of rotatable bonds is 7. The van der Waals surface area contributed by atoms with Gasteiger partial charge in [-0.3, -0.25) is 0 Å². The molecule has 0 aliphatic rings. The quantitative estimate of drug-likeness (QED) is 0.760. The van der Waals surface area contributed by atoms with Crippen LogP contribution < -0.4 is 14.6 Å². The predicted octanol–water partition coefficient (Wildman–Crippen LogP) is 1.31. The molecule has 1 aromatic carbocycles. The van der Waals surface area contributed by atoms with Crippen LogP contribution >= 0.6 is 0 Å². The van der Waals surface area contributed by atoms with Crippen LogP contribution in [0.15, 0.2) is 18.2 Å². The van der Waals surface area contributed by atoms with Crippen molar-refractivity contribution in [3.05, 3.63) is 23.8 Å². The monoisotopic (exact) mass is 273 g/mol. The van der Waals surface area contributed by atoms with Gasteiger partial charge in [0.05, 0.1) is 20.0 Å². The molecule has 102 valence electrons. The number of hydrogen-bond donors (Lipinski definition) is 1. The van der Waals surface area contributed by atoms with E-state index in [1.54, 1.807) is 14.2 Å². The number of benzene rings is 1. The van der Waals surface area contributed by atoms with Crippen LogP contribution in [0.4, 0.5) is 0 Å². The first-order chi connectivity index (χ1) is 8.46. The number of unbranched alkanes of at least 4 members (excludes halogenated alkanes) is 1. The first kappa shape index (κ1) is 14.8. The third-order valence-corrected chi connectivity index (χ3v) is 3.48. The van der Waals surface area contributed by atoms with Gasteiger partial charge in [0.25, 0.3) is 0 Å². The highest BCUT2D eigenvalue weighted by atomic mass is 32.2. The van der Waals surface area contributed by atoms with Gasteiger partial charge in [-0.15, -0.1) is 0 Å². The molecule has 0 radical (unpaired) electrons. The number of aryl methyl sites for hydroxylation is 1. The molecule has 0 fully saturated rings. The number of methoxy groups -OCH3 is 2. The van der Waals surface area contributed by atoms with Crippen molar-refractivity contribution in [2.24, 2.45) is 5.14 Å². The molecule has 2 N–H and O–H groups in total. The summed E-state index contributed by atoms with van der Waals surface area (Å²) in [5, 5.41) is 4.94. The third-order valence-electron chi connectivity index (χ3n) is 2.62. The molecule has 0 atom stereocenters. The molecule has 0 unspecified atom stereocenters. The Kier molecular flexibility index (Phi) is 5.43. The van der Waals surface area contributed by atoms with Crippen LogP contribution in [0.1, 0.15) is 18.4 Å². The summed E-state index contributed by atoms with van der Waals surface area (Å²) in [5.74, 6) is 1.51. The highest BCUT2D eigenvalue weighted by Gasteiger charge is 2.06. The van der Waals surface area contributed by atoms with Crippen LogP contribution in [-0.4, -0.2) is 28.4 Å². The van der Waals surface area contributed by atoms with Crippen LogP contribution in [0, 0.1) is 0 Å². The van der Waals surface area contributed by atoms with E-state index in [0.29, 0.717) is 6.42 Å². The lowest BCUT2D eigenvalue weighted by Crippen LogP contribution is -2.16. The second kappa shape index (κ2) is 6.61. The molecule has 5 nitrogen and oxygen atoms in total. The van der Waals surface area contributed by atoms with Gasteiger partial charge in [0.15, 0.2) is 0 Å². The molecule has 18 heavy (non-hydrogen) atoms. The number of sulfonamides is 1. The largest absolute Gasteiger partial charge is 0.497 e. The normalized spacial score (nSPS) is 11.3. The second-order valence-electron chi connectivity index (χ2n) is 4.00. The minimum Gasteiger partial charge on any atom is -0.497 e. The van der Waals surface area contributed by atoms with E-state index >= 15 is 0 Å². The molecule has 0 heterocycles. The minimum absolute atomic E-state index is 0.0193. The van der Waals surface area contributed by atoms with Gasteiger partial charge >= 0.3 is 0 Å². The van der Waals surface area contributed by atoms with Gasteiger partial charge in [-0.1, -0.05) is 6.07 Å². The summed E-state index contributed by atoms with van der Waals surface area (Å²) in [4.78, 5) is 0. The van der Waals surface area contributed by atoms with E-state index in [1.165, 1.54) is 0 Å². The Morgan fingerprint density at radius 2 is 1.89 bits per heavy atom. The fourth-order valence-electron chi connectivity index (χ4n) is 1.68. The van der Waals surface area contributed by atoms with Gasteiger partial charge in [0.1, 0.15) is 11.5 Å². The van der Waals surface area contributed by atoms with Gasteiger partial charge < -0.3 is 9.47 Å². The van der Waals surface area contributed by atoms with E-state index in [4.69, 9.17) is 14.6 Å². The standard InChI is InChI=1S/C12H19NO4S/c1-16-11-7-6-10(12(9-11)17-2)5-3-4-8-18(13,14)15/h6-7,9H,3-5,8H2,1-2H3,(H2,13,14,15). The van der Waals surface area contributed by atoms with Gasteiger partial charge in [0, 0.05) is 6.07 Å². The lowest BCUT2D eigenvalue weighted by Gasteiger charge is -2.10. The van der Waals surface area contributed by atoms with Gasteiger partial charge in [-0.25, -0.2) is 13.6 Å². The van der Waals surface area contributed by atoms with E-state index < -0.39 is 10.0 Å². The molecule has 0 amide bonds. The number of hydrogen-bond acceptors (Lipinski definition) is 4. The Hall–Kier alpha value is -1.27. The summed E-state index contributed by atoms with van der Waals surface area (Å²) in [5.41, 5.74) is 1.03. The highest BCUT2D eigenvalue weighted by molar-refractivity contribution is 7.89. The summed E-state index contributed by atoms with van der Waals surface area (Å²) in [7, 11) is -0.159. The van der Waals surface area contributed by atoms with Crippen LogP contribution in [-0.2, 0) is 16.4 Å². The summed E-state index contributed by atoms with van der Waals surface area (Å²) < 4.78 is 31.9. The first-order valence-corrected chi connectivity index (χ1v) is 7.39. The number of primary sulfonamides is 1. The molecule has 1 aromatic rings. The maximum Gasteiger partial charge on any atom is 0.209 e. The summed E-state index contributed by atoms with van der Waals surface area (Å²) in [6.07, 6.45) is 2.05. The van der Waals surface area contributed by atoms with Gasteiger partial charge in [0.2, 0.25) is 10.0 Å². The van der Waals surface area contributed by atoms with Gasteiger partial charge in [-0.2, -0.15) is 0 Å². The highest BCUT2D eigenvalue weighted by Crippen LogP contribution is 2.25. The smallest absolute Gasteiger partial charge is 0.209 e. The lowest BCUT2D eigenvalue weighted by atomic mass is 10.1. The van der Waals surface area contributed by atoms with Crippen molar-refractivity contribution in [1.29, 1.82) is 0 Å². The molecule has 0 saturated heterocycles. The third kappa shape index (κ3) is 4.93. The van der Waals surface area contributed by atoms with E-state index in [2.05, 4.69) is 0 Å². The van der Waals surface area contributed by atoms with Crippen molar-refractivity contribution in [3.63, 3.8) is 0 Å². The minimum atomic E-state index is -3.36. The average Bonchev–Trinajstić information content (AvgIpc) is 2.33. The predicted molar refractivity (Wildman–Crippen MR) is 70.5 cm³/mol.